The van der Waals surface area contributed by atoms with E-state index in [0.29, 0.717) is 18.5 Å². The van der Waals surface area contributed by atoms with Gasteiger partial charge in [-0.15, -0.1) is 0 Å². The molecule has 1 aromatic carbocycles. The highest BCUT2D eigenvalue weighted by Crippen LogP contribution is 2.29. The molecule has 0 aromatic heterocycles. The monoisotopic (exact) mass is 261 g/mol. The van der Waals surface area contributed by atoms with Crippen LogP contribution in [0.15, 0.2) is 23.1 Å². The summed E-state index contributed by atoms with van der Waals surface area (Å²) < 4.78 is 24.5. The molecule has 1 rings (SSSR count). The van der Waals surface area contributed by atoms with Crippen LogP contribution in [0.5, 0.6) is 0 Å². The van der Waals surface area contributed by atoms with Crippen molar-refractivity contribution in [3.05, 3.63) is 23.2 Å². The second-order valence-corrected chi connectivity index (χ2v) is 6.28. The number of nitrogens with two attached hydrogens (primary N) is 1. The number of rotatable bonds is 4. The quantitative estimate of drug-likeness (QED) is 0.848. The molecular formula is C11H16ClNO2S. The number of hydrogen-bond acceptors (Lipinski definition) is 3. The predicted octanol–water partition coefficient (Wildman–Crippen LogP) is 2.88. The first-order valence-corrected chi connectivity index (χ1v) is 7.14. The van der Waals surface area contributed by atoms with Crippen molar-refractivity contribution in [3.63, 3.8) is 0 Å². The van der Waals surface area contributed by atoms with Crippen molar-refractivity contribution in [1.29, 1.82) is 0 Å². The Balaban J connectivity index is 3.31. The SMILES string of the molecule is CCC(CC)S(=O)(=O)c1cc(N)ccc1Cl. The first-order valence-electron chi connectivity index (χ1n) is 5.22. The van der Waals surface area contributed by atoms with E-state index in [4.69, 9.17) is 17.3 Å². The Morgan fingerprint density at radius 2 is 1.88 bits per heavy atom. The number of anilines is 1. The fourth-order valence-electron chi connectivity index (χ4n) is 1.65. The summed E-state index contributed by atoms with van der Waals surface area (Å²) in [5.41, 5.74) is 6.00. The average Bonchev–Trinajstić information content (AvgIpc) is 2.23. The topological polar surface area (TPSA) is 60.2 Å². The molecule has 0 radical (unpaired) electrons. The van der Waals surface area contributed by atoms with Crippen molar-refractivity contribution in [1.82, 2.24) is 0 Å². The van der Waals surface area contributed by atoms with Crippen LogP contribution in [0.1, 0.15) is 26.7 Å². The van der Waals surface area contributed by atoms with E-state index in [2.05, 4.69) is 0 Å². The minimum Gasteiger partial charge on any atom is -0.399 e. The van der Waals surface area contributed by atoms with Gasteiger partial charge in [0.2, 0.25) is 0 Å². The van der Waals surface area contributed by atoms with E-state index in [1.54, 1.807) is 6.07 Å². The van der Waals surface area contributed by atoms with Crippen LogP contribution in [0.3, 0.4) is 0 Å². The molecule has 5 heteroatoms. The lowest BCUT2D eigenvalue weighted by molar-refractivity contribution is 0.571. The Morgan fingerprint density at radius 3 is 2.38 bits per heavy atom. The average molecular weight is 262 g/mol. The molecular weight excluding hydrogens is 246 g/mol. The van der Waals surface area contributed by atoms with Crippen molar-refractivity contribution in [3.8, 4) is 0 Å². The maximum Gasteiger partial charge on any atom is 0.182 e. The molecule has 2 N–H and O–H groups in total. The molecule has 0 aliphatic rings. The van der Waals surface area contributed by atoms with E-state index in [0.717, 1.165) is 0 Å². The van der Waals surface area contributed by atoms with Crippen molar-refractivity contribution in [2.24, 2.45) is 0 Å². The summed E-state index contributed by atoms with van der Waals surface area (Å²) in [7, 11) is -3.37. The van der Waals surface area contributed by atoms with Gasteiger partial charge in [-0.25, -0.2) is 8.42 Å². The van der Waals surface area contributed by atoms with E-state index in [1.165, 1.54) is 12.1 Å². The van der Waals surface area contributed by atoms with Gasteiger partial charge in [-0.2, -0.15) is 0 Å². The van der Waals surface area contributed by atoms with Gasteiger partial charge in [-0.1, -0.05) is 25.4 Å². The molecule has 0 spiro atoms. The van der Waals surface area contributed by atoms with Crippen LogP contribution in [0.4, 0.5) is 5.69 Å². The lowest BCUT2D eigenvalue weighted by Crippen LogP contribution is -2.20. The number of sulfone groups is 1. The van der Waals surface area contributed by atoms with E-state index in [9.17, 15) is 8.42 Å². The lowest BCUT2D eigenvalue weighted by Gasteiger charge is -2.15. The summed E-state index contributed by atoms with van der Waals surface area (Å²) in [5, 5.41) is -0.159. The minimum atomic E-state index is -3.37. The van der Waals surface area contributed by atoms with Crippen molar-refractivity contribution in [2.45, 2.75) is 36.8 Å². The third-order valence-electron chi connectivity index (χ3n) is 2.61. The first kappa shape index (κ1) is 13.3. The number of nitrogen functional groups attached to an aromatic ring is 1. The molecule has 0 saturated heterocycles. The van der Waals surface area contributed by atoms with Gasteiger partial charge in [0.25, 0.3) is 0 Å². The Bertz CT molecular complexity index is 467. The maximum atomic E-state index is 12.2. The maximum absolute atomic E-state index is 12.2. The van der Waals surface area contributed by atoms with Gasteiger partial charge >= 0.3 is 0 Å². The fraction of sp³-hybridized carbons (Fsp3) is 0.455. The summed E-state index contributed by atoms with van der Waals surface area (Å²) in [4.78, 5) is 0.142. The van der Waals surface area contributed by atoms with Gasteiger partial charge in [0, 0.05) is 5.69 Å². The van der Waals surface area contributed by atoms with Crippen molar-refractivity contribution in [2.75, 3.05) is 5.73 Å². The Hall–Kier alpha value is -0.740. The van der Waals surface area contributed by atoms with E-state index in [-0.39, 0.29) is 9.92 Å². The third-order valence-corrected chi connectivity index (χ3v) is 5.55. The van der Waals surface area contributed by atoms with E-state index >= 15 is 0 Å². The standard InChI is InChI=1S/C11H16ClNO2S/c1-3-9(4-2)16(14,15)11-7-8(13)5-6-10(11)12/h5-7,9H,3-4,13H2,1-2H3. The normalized spacial score (nSPS) is 12.0. The van der Waals surface area contributed by atoms with E-state index in [1.807, 2.05) is 13.8 Å². The zero-order valence-corrected chi connectivity index (χ0v) is 11.0. The van der Waals surface area contributed by atoms with Crippen LogP contribution in [0.25, 0.3) is 0 Å². The molecule has 16 heavy (non-hydrogen) atoms. The second kappa shape index (κ2) is 5.06. The molecule has 1 aromatic rings. The molecule has 0 bridgehead atoms. The van der Waals surface area contributed by atoms with Crippen molar-refractivity contribution >= 4 is 27.1 Å². The summed E-state index contributed by atoms with van der Waals surface area (Å²) in [6.07, 6.45) is 1.15. The molecule has 0 fully saturated rings. The fourth-order valence-corrected chi connectivity index (χ4v) is 3.96. The smallest absolute Gasteiger partial charge is 0.182 e. The highest BCUT2D eigenvalue weighted by molar-refractivity contribution is 7.92. The number of halogens is 1. The van der Waals surface area contributed by atoms with Gasteiger partial charge in [-0.3, -0.25) is 0 Å². The van der Waals surface area contributed by atoms with Gasteiger partial charge in [0.1, 0.15) is 0 Å². The largest absolute Gasteiger partial charge is 0.399 e. The lowest BCUT2D eigenvalue weighted by atomic mass is 10.3. The number of benzene rings is 1. The van der Waals surface area contributed by atoms with Crippen LogP contribution in [0, 0.1) is 0 Å². The zero-order valence-electron chi connectivity index (χ0n) is 9.40. The van der Waals surface area contributed by atoms with Crippen LogP contribution in [-0.4, -0.2) is 13.7 Å². The van der Waals surface area contributed by atoms with Gasteiger partial charge in [-0.05, 0) is 31.0 Å². The Morgan fingerprint density at radius 1 is 1.31 bits per heavy atom. The molecule has 0 saturated carbocycles. The molecule has 0 unspecified atom stereocenters. The van der Waals surface area contributed by atoms with Gasteiger partial charge < -0.3 is 5.73 Å². The molecule has 90 valence electrons. The van der Waals surface area contributed by atoms with Crippen LogP contribution in [0.2, 0.25) is 5.02 Å². The summed E-state index contributed by atoms with van der Waals surface area (Å²) in [5.74, 6) is 0. The van der Waals surface area contributed by atoms with Crippen LogP contribution >= 0.6 is 11.6 Å². The zero-order chi connectivity index (χ0) is 12.3. The van der Waals surface area contributed by atoms with Crippen LogP contribution in [-0.2, 0) is 9.84 Å². The summed E-state index contributed by atoms with van der Waals surface area (Å²) in [6, 6.07) is 4.54. The first-order chi connectivity index (χ1) is 7.43. The number of hydrogen-bond donors (Lipinski definition) is 1. The highest BCUT2D eigenvalue weighted by Gasteiger charge is 2.26. The Kier molecular flexibility index (Phi) is 4.21. The minimum absolute atomic E-state index is 0.142. The highest BCUT2D eigenvalue weighted by atomic mass is 35.5. The summed E-state index contributed by atoms with van der Waals surface area (Å²) in [6.45, 7) is 3.71. The van der Waals surface area contributed by atoms with Crippen molar-refractivity contribution < 1.29 is 8.42 Å². The molecule has 0 amide bonds. The molecule has 3 nitrogen and oxygen atoms in total. The Labute approximate surface area is 102 Å². The summed E-state index contributed by atoms with van der Waals surface area (Å²) >= 11 is 5.90. The third kappa shape index (κ3) is 2.50. The molecule has 0 aliphatic carbocycles. The van der Waals surface area contributed by atoms with Crippen LogP contribution < -0.4 is 5.73 Å². The molecule has 0 aliphatic heterocycles. The predicted molar refractivity (Wildman–Crippen MR) is 67.4 cm³/mol. The second-order valence-electron chi connectivity index (χ2n) is 3.67. The van der Waals surface area contributed by atoms with Gasteiger partial charge in [0.05, 0.1) is 15.2 Å². The van der Waals surface area contributed by atoms with E-state index < -0.39 is 15.1 Å². The molecule has 0 atom stereocenters. The molecule has 0 heterocycles. The van der Waals surface area contributed by atoms with Gasteiger partial charge in [0.15, 0.2) is 9.84 Å².